The van der Waals surface area contributed by atoms with E-state index in [0.717, 1.165) is 11.3 Å². The molecule has 0 aliphatic carbocycles. The van der Waals surface area contributed by atoms with E-state index < -0.39 is 0 Å². The Hall–Kier alpha value is -2.95. The van der Waals surface area contributed by atoms with Crippen LogP contribution in [0.15, 0.2) is 53.3 Å². The monoisotopic (exact) mass is 349 g/mol. The van der Waals surface area contributed by atoms with Crippen LogP contribution in [0.4, 0.5) is 5.69 Å². The minimum atomic E-state index is -0.323. The standard InChI is InChI=1S/C21H23N3O2/c1-13(2)15-8-7-9-16(12-15)22-20(25)19-17-10-5-6-11-18(17)21(26)24(23-19)14(3)4/h5-14H,1-4H3,(H,22,25). The first-order valence-corrected chi connectivity index (χ1v) is 8.81. The van der Waals surface area contributed by atoms with Crippen molar-refractivity contribution >= 4 is 22.4 Å². The fourth-order valence-corrected chi connectivity index (χ4v) is 2.89. The normalized spacial score (nSPS) is 11.3. The van der Waals surface area contributed by atoms with Gasteiger partial charge in [0.15, 0.2) is 5.69 Å². The van der Waals surface area contributed by atoms with Crippen molar-refractivity contribution in [3.05, 3.63) is 70.1 Å². The summed E-state index contributed by atoms with van der Waals surface area (Å²) in [7, 11) is 0. The zero-order valence-electron chi connectivity index (χ0n) is 15.5. The topological polar surface area (TPSA) is 64.0 Å². The Morgan fingerprint density at radius 2 is 1.69 bits per heavy atom. The van der Waals surface area contributed by atoms with E-state index in [-0.39, 0.29) is 23.2 Å². The summed E-state index contributed by atoms with van der Waals surface area (Å²) in [4.78, 5) is 25.5. The van der Waals surface area contributed by atoms with Gasteiger partial charge in [-0.15, -0.1) is 0 Å². The van der Waals surface area contributed by atoms with E-state index in [9.17, 15) is 9.59 Å². The Bertz CT molecular complexity index is 1020. The van der Waals surface area contributed by atoms with Gasteiger partial charge in [0.25, 0.3) is 11.5 Å². The molecule has 1 aromatic heterocycles. The quantitative estimate of drug-likeness (QED) is 0.761. The van der Waals surface area contributed by atoms with Crippen molar-refractivity contribution in [1.29, 1.82) is 0 Å². The van der Waals surface area contributed by atoms with Crippen molar-refractivity contribution < 1.29 is 4.79 Å². The molecule has 0 bridgehead atoms. The van der Waals surface area contributed by atoms with Crippen LogP contribution in [-0.4, -0.2) is 15.7 Å². The number of benzene rings is 2. The number of carbonyl (C=O) groups is 1. The molecule has 134 valence electrons. The van der Waals surface area contributed by atoms with Gasteiger partial charge in [-0.1, -0.05) is 44.2 Å². The average molecular weight is 349 g/mol. The zero-order valence-corrected chi connectivity index (χ0v) is 15.5. The SMILES string of the molecule is CC(C)c1cccc(NC(=O)c2nn(C(C)C)c(=O)c3ccccc23)c1. The number of nitrogens with zero attached hydrogens (tertiary/aromatic N) is 2. The molecule has 3 rings (SSSR count). The van der Waals surface area contributed by atoms with Crippen LogP contribution in [0, 0.1) is 0 Å². The molecule has 3 aromatic rings. The van der Waals surface area contributed by atoms with Crippen LogP contribution in [0.3, 0.4) is 0 Å². The maximum absolute atomic E-state index is 12.9. The maximum Gasteiger partial charge on any atom is 0.276 e. The highest BCUT2D eigenvalue weighted by Crippen LogP contribution is 2.20. The van der Waals surface area contributed by atoms with Crippen molar-refractivity contribution in [2.45, 2.75) is 39.7 Å². The Morgan fingerprint density at radius 3 is 2.35 bits per heavy atom. The average Bonchev–Trinajstić information content (AvgIpc) is 2.62. The summed E-state index contributed by atoms with van der Waals surface area (Å²) >= 11 is 0. The first-order chi connectivity index (χ1) is 12.4. The molecule has 0 unspecified atom stereocenters. The third-order valence-corrected chi connectivity index (χ3v) is 4.34. The lowest BCUT2D eigenvalue weighted by molar-refractivity contribution is 0.102. The molecule has 1 amide bonds. The molecule has 0 saturated heterocycles. The summed E-state index contributed by atoms with van der Waals surface area (Å²) < 4.78 is 1.36. The molecule has 0 saturated carbocycles. The molecule has 0 aliphatic rings. The molecule has 5 nitrogen and oxygen atoms in total. The zero-order chi connectivity index (χ0) is 18.8. The van der Waals surface area contributed by atoms with Crippen LogP contribution in [0.25, 0.3) is 10.8 Å². The highest BCUT2D eigenvalue weighted by molar-refractivity contribution is 6.11. The summed E-state index contributed by atoms with van der Waals surface area (Å²) in [6.45, 7) is 7.96. The smallest absolute Gasteiger partial charge is 0.276 e. The second-order valence-corrected chi connectivity index (χ2v) is 6.97. The molecule has 0 aliphatic heterocycles. The van der Waals surface area contributed by atoms with E-state index in [2.05, 4.69) is 24.3 Å². The summed E-state index contributed by atoms with van der Waals surface area (Å²) in [5.41, 5.74) is 1.93. The van der Waals surface area contributed by atoms with Gasteiger partial charge in [0.1, 0.15) is 0 Å². The van der Waals surface area contributed by atoms with E-state index >= 15 is 0 Å². The van der Waals surface area contributed by atoms with Gasteiger partial charge in [-0.2, -0.15) is 5.10 Å². The van der Waals surface area contributed by atoms with Gasteiger partial charge in [0.05, 0.1) is 11.4 Å². The van der Waals surface area contributed by atoms with Gasteiger partial charge in [-0.3, -0.25) is 9.59 Å². The number of nitrogens with one attached hydrogen (secondary N) is 1. The second-order valence-electron chi connectivity index (χ2n) is 6.97. The van der Waals surface area contributed by atoms with E-state index in [4.69, 9.17) is 0 Å². The molecular formula is C21H23N3O2. The van der Waals surface area contributed by atoms with E-state index in [1.54, 1.807) is 24.3 Å². The summed E-state index contributed by atoms with van der Waals surface area (Å²) in [5.74, 6) is 0.0464. The Balaban J connectivity index is 2.07. The third kappa shape index (κ3) is 3.38. The van der Waals surface area contributed by atoms with Gasteiger partial charge >= 0.3 is 0 Å². The van der Waals surface area contributed by atoms with Crippen LogP contribution in [-0.2, 0) is 0 Å². The number of aromatic nitrogens is 2. The highest BCUT2D eigenvalue weighted by Gasteiger charge is 2.18. The molecule has 1 N–H and O–H groups in total. The Morgan fingerprint density at radius 1 is 1.00 bits per heavy atom. The van der Waals surface area contributed by atoms with Crippen LogP contribution >= 0.6 is 0 Å². The molecule has 0 radical (unpaired) electrons. The van der Waals surface area contributed by atoms with Crippen molar-refractivity contribution in [1.82, 2.24) is 9.78 Å². The van der Waals surface area contributed by atoms with Crippen LogP contribution in [0.5, 0.6) is 0 Å². The first-order valence-electron chi connectivity index (χ1n) is 8.81. The Labute approximate surface area is 152 Å². The number of anilines is 1. The molecular weight excluding hydrogens is 326 g/mol. The van der Waals surface area contributed by atoms with E-state index in [1.807, 2.05) is 38.1 Å². The third-order valence-electron chi connectivity index (χ3n) is 4.34. The number of amides is 1. The summed E-state index contributed by atoms with van der Waals surface area (Å²) in [5, 5.41) is 8.32. The van der Waals surface area contributed by atoms with Crippen molar-refractivity contribution in [2.75, 3.05) is 5.32 Å². The molecule has 1 heterocycles. The van der Waals surface area contributed by atoms with E-state index in [1.165, 1.54) is 4.68 Å². The number of hydrogen-bond acceptors (Lipinski definition) is 3. The van der Waals surface area contributed by atoms with Gasteiger partial charge < -0.3 is 5.32 Å². The lowest BCUT2D eigenvalue weighted by Gasteiger charge is -2.14. The molecule has 2 aromatic carbocycles. The number of carbonyl (C=O) groups excluding carboxylic acids is 1. The van der Waals surface area contributed by atoms with Crippen molar-refractivity contribution in [3.8, 4) is 0 Å². The van der Waals surface area contributed by atoms with Crippen molar-refractivity contribution in [3.63, 3.8) is 0 Å². The number of hydrogen-bond donors (Lipinski definition) is 1. The van der Waals surface area contributed by atoms with Gasteiger partial charge in [0.2, 0.25) is 0 Å². The molecule has 0 atom stereocenters. The van der Waals surface area contributed by atoms with Gasteiger partial charge in [-0.05, 0) is 43.5 Å². The first kappa shape index (κ1) is 17.9. The van der Waals surface area contributed by atoms with Crippen LogP contribution < -0.4 is 10.9 Å². The fraction of sp³-hybridized carbons (Fsp3) is 0.286. The highest BCUT2D eigenvalue weighted by atomic mass is 16.2. The summed E-state index contributed by atoms with van der Waals surface area (Å²) in [6, 6.07) is 14.7. The van der Waals surface area contributed by atoms with Crippen molar-refractivity contribution in [2.24, 2.45) is 0 Å². The molecule has 0 spiro atoms. The largest absolute Gasteiger partial charge is 0.321 e. The minimum absolute atomic E-state index is 0.136. The Kier molecular flexibility index (Phi) is 4.89. The molecule has 5 heteroatoms. The predicted octanol–water partition coefficient (Wildman–Crippen LogP) is 4.35. The van der Waals surface area contributed by atoms with E-state index in [0.29, 0.717) is 16.7 Å². The lowest BCUT2D eigenvalue weighted by atomic mass is 10.0. The lowest BCUT2D eigenvalue weighted by Crippen LogP contribution is -2.28. The van der Waals surface area contributed by atoms with Gasteiger partial charge in [-0.25, -0.2) is 4.68 Å². The number of rotatable bonds is 4. The second kappa shape index (κ2) is 7.12. The molecule has 26 heavy (non-hydrogen) atoms. The van der Waals surface area contributed by atoms with Crippen LogP contribution in [0.1, 0.15) is 55.7 Å². The number of fused-ring (bicyclic) bond motifs is 1. The predicted molar refractivity (Wildman–Crippen MR) is 105 cm³/mol. The fourth-order valence-electron chi connectivity index (χ4n) is 2.89. The summed E-state index contributed by atoms with van der Waals surface area (Å²) in [6.07, 6.45) is 0. The molecule has 0 fully saturated rings. The van der Waals surface area contributed by atoms with Gasteiger partial charge in [0, 0.05) is 11.1 Å². The minimum Gasteiger partial charge on any atom is -0.321 e. The van der Waals surface area contributed by atoms with Crippen LogP contribution in [0.2, 0.25) is 0 Å². The maximum atomic E-state index is 12.9.